The standard InChI is InChI=1S/C32H38F3N3O3/c33-32(34,35)31(39)15-14-30(20-23-7-3-1-4-8-23)25(21-31)10-9-24-19-26(11-12-27(24)30)40-22-28-36-29(41-37-28)13-18-38-16-5-2-6-17-38/h1,3-4,7-8,11-12,19,25,39H,2,5-6,9-10,13-18,20-22H2/t25-,30+,31-/m1/s1. The normalized spacial score (nSPS) is 26.8. The first-order valence-corrected chi connectivity index (χ1v) is 14.9. The molecule has 41 heavy (non-hydrogen) atoms. The summed E-state index contributed by atoms with van der Waals surface area (Å²) in [5, 5.41) is 14.7. The van der Waals surface area contributed by atoms with Crippen LogP contribution in [0.3, 0.4) is 0 Å². The third kappa shape index (κ3) is 5.89. The van der Waals surface area contributed by atoms with Crippen molar-refractivity contribution in [1.82, 2.24) is 15.0 Å². The van der Waals surface area contributed by atoms with E-state index < -0.39 is 17.2 Å². The number of alkyl halides is 3. The van der Waals surface area contributed by atoms with Crippen LogP contribution in [0.5, 0.6) is 5.75 Å². The molecule has 0 amide bonds. The van der Waals surface area contributed by atoms with Crippen LogP contribution in [0.2, 0.25) is 0 Å². The number of aliphatic hydroxyl groups is 1. The number of piperidine rings is 1. The lowest BCUT2D eigenvalue weighted by Gasteiger charge is -2.53. The van der Waals surface area contributed by atoms with E-state index in [0.29, 0.717) is 36.7 Å². The number of hydrogen-bond acceptors (Lipinski definition) is 6. The Hall–Kier alpha value is -2.91. The second kappa shape index (κ2) is 11.4. The van der Waals surface area contributed by atoms with E-state index >= 15 is 0 Å². The fraction of sp³-hybridized carbons (Fsp3) is 0.562. The van der Waals surface area contributed by atoms with Gasteiger partial charge in [-0.25, -0.2) is 0 Å². The van der Waals surface area contributed by atoms with Crippen molar-refractivity contribution in [3.05, 3.63) is 76.9 Å². The van der Waals surface area contributed by atoms with Gasteiger partial charge in [0.15, 0.2) is 12.2 Å². The molecule has 1 aliphatic heterocycles. The zero-order chi connectivity index (χ0) is 28.5. The van der Waals surface area contributed by atoms with Crippen molar-refractivity contribution >= 4 is 0 Å². The molecule has 0 spiro atoms. The van der Waals surface area contributed by atoms with E-state index in [2.05, 4.69) is 15.0 Å². The van der Waals surface area contributed by atoms with Crippen LogP contribution in [-0.4, -0.2) is 51.6 Å². The molecule has 3 atom stereocenters. The highest BCUT2D eigenvalue weighted by Gasteiger charge is 2.61. The summed E-state index contributed by atoms with van der Waals surface area (Å²) in [4.78, 5) is 6.93. The summed E-state index contributed by atoms with van der Waals surface area (Å²) < 4.78 is 53.0. The first kappa shape index (κ1) is 28.2. The van der Waals surface area contributed by atoms with Gasteiger partial charge in [0.05, 0.1) is 0 Å². The van der Waals surface area contributed by atoms with Gasteiger partial charge in [-0.05, 0) is 99.2 Å². The Balaban J connectivity index is 1.17. The molecule has 0 radical (unpaired) electrons. The van der Waals surface area contributed by atoms with Crippen LogP contribution in [0.4, 0.5) is 13.2 Å². The van der Waals surface area contributed by atoms with E-state index in [4.69, 9.17) is 9.26 Å². The third-order valence-electron chi connectivity index (χ3n) is 9.58. The fourth-order valence-electron chi connectivity index (χ4n) is 7.33. The summed E-state index contributed by atoms with van der Waals surface area (Å²) in [6.45, 7) is 3.35. The minimum absolute atomic E-state index is 0.183. The van der Waals surface area contributed by atoms with E-state index in [1.165, 1.54) is 19.3 Å². The largest absolute Gasteiger partial charge is 0.485 e. The minimum Gasteiger partial charge on any atom is -0.485 e. The molecule has 6 nitrogen and oxygen atoms in total. The highest BCUT2D eigenvalue weighted by molar-refractivity contribution is 5.45. The van der Waals surface area contributed by atoms with Crippen molar-refractivity contribution in [2.45, 2.75) is 88.0 Å². The van der Waals surface area contributed by atoms with Crippen molar-refractivity contribution < 1.29 is 27.5 Å². The van der Waals surface area contributed by atoms with Crippen molar-refractivity contribution in [2.24, 2.45) is 5.92 Å². The van der Waals surface area contributed by atoms with Crippen molar-refractivity contribution in [1.29, 1.82) is 0 Å². The van der Waals surface area contributed by atoms with Crippen LogP contribution in [0.1, 0.15) is 73.4 Å². The van der Waals surface area contributed by atoms with Gasteiger partial charge >= 0.3 is 6.18 Å². The summed E-state index contributed by atoms with van der Waals surface area (Å²) in [6, 6.07) is 15.9. The Bertz CT molecular complexity index is 1320. The summed E-state index contributed by atoms with van der Waals surface area (Å²) >= 11 is 0. The van der Waals surface area contributed by atoms with Crippen LogP contribution >= 0.6 is 0 Å². The molecule has 0 unspecified atom stereocenters. The summed E-state index contributed by atoms with van der Waals surface area (Å²) in [5.41, 5.74) is 0.171. The van der Waals surface area contributed by atoms with E-state index in [0.717, 1.165) is 42.7 Å². The second-order valence-electron chi connectivity index (χ2n) is 12.2. The molecule has 6 rings (SSSR count). The molecule has 2 aromatic carbocycles. The monoisotopic (exact) mass is 569 g/mol. The van der Waals surface area contributed by atoms with Gasteiger partial charge in [-0.2, -0.15) is 18.2 Å². The van der Waals surface area contributed by atoms with E-state index in [1.54, 1.807) is 0 Å². The summed E-state index contributed by atoms with van der Waals surface area (Å²) in [6.07, 6.45) is 1.47. The molecular formula is C32H38F3N3O3. The van der Waals surface area contributed by atoms with Crippen LogP contribution in [0.15, 0.2) is 53.1 Å². The maximum Gasteiger partial charge on any atom is 0.417 e. The van der Waals surface area contributed by atoms with Gasteiger partial charge < -0.3 is 19.3 Å². The van der Waals surface area contributed by atoms with Crippen molar-refractivity contribution in [3.63, 3.8) is 0 Å². The van der Waals surface area contributed by atoms with Gasteiger partial charge in [0.2, 0.25) is 11.7 Å². The van der Waals surface area contributed by atoms with E-state index in [-0.39, 0.29) is 31.8 Å². The van der Waals surface area contributed by atoms with Crippen LogP contribution in [0.25, 0.3) is 0 Å². The number of ether oxygens (including phenoxy) is 1. The number of fused-ring (bicyclic) bond motifs is 3. The molecule has 3 aromatic rings. The van der Waals surface area contributed by atoms with Gasteiger partial charge in [0, 0.05) is 18.4 Å². The second-order valence-corrected chi connectivity index (χ2v) is 12.2. The average Bonchev–Trinajstić information content (AvgIpc) is 3.44. The minimum atomic E-state index is -4.63. The Morgan fingerprint density at radius 2 is 1.85 bits per heavy atom. The molecule has 2 heterocycles. The van der Waals surface area contributed by atoms with Crippen LogP contribution in [-0.2, 0) is 31.3 Å². The first-order valence-electron chi connectivity index (χ1n) is 14.9. The lowest BCUT2D eigenvalue weighted by Crippen LogP contribution is -2.56. The number of hydrogen-bond donors (Lipinski definition) is 1. The molecule has 1 saturated carbocycles. The fourth-order valence-corrected chi connectivity index (χ4v) is 7.33. The number of nitrogens with zero attached hydrogens (tertiary/aromatic N) is 3. The lowest BCUT2D eigenvalue weighted by molar-refractivity contribution is -0.279. The number of likely N-dealkylation sites (tertiary alicyclic amines) is 1. The molecule has 2 fully saturated rings. The highest BCUT2D eigenvalue weighted by Crippen LogP contribution is 2.57. The molecule has 1 saturated heterocycles. The molecule has 3 aliphatic rings. The lowest BCUT2D eigenvalue weighted by atomic mass is 9.52. The maximum atomic E-state index is 13.9. The van der Waals surface area contributed by atoms with Gasteiger partial charge in [-0.1, -0.05) is 48.0 Å². The Morgan fingerprint density at radius 1 is 1.05 bits per heavy atom. The van der Waals surface area contributed by atoms with Gasteiger partial charge in [0.1, 0.15) is 5.75 Å². The smallest absolute Gasteiger partial charge is 0.417 e. The number of aromatic nitrogens is 2. The Kier molecular flexibility index (Phi) is 7.85. The summed E-state index contributed by atoms with van der Waals surface area (Å²) in [5.74, 6) is 1.52. The van der Waals surface area contributed by atoms with Crippen molar-refractivity contribution in [2.75, 3.05) is 19.6 Å². The molecule has 2 aliphatic carbocycles. The molecule has 0 bridgehead atoms. The molecule has 1 N–H and O–H groups in total. The molecule has 220 valence electrons. The first-order chi connectivity index (χ1) is 19.7. The third-order valence-corrected chi connectivity index (χ3v) is 9.58. The van der Waals surface area contributed by atoms with Crippen molar-refractivity contribution in [3.8, 4) is 5.75 Å². The quantitative estimate of drug-likeness (QED) is 0.349. The number of benzene rings is 2. The predicted molar refractivity (Wildman–Crippen MR) is 148 cm³/mol. The Labute approximate surface area is 238 Å². The SMILES string of the molecule is O[C@]1(C(F)(F)F)CC[C@@]2(Cc3ccccc3)c3ccc(OCc4noc(CCN5CCCCC5)n4)cc3CC[C@@H]2C1. The number of halogens is 3. The maximum absolute atomic E-state index is 13.9. The van der Waals surface area contributed by atoms with Crippen LogP contribution < -0.4 is 4.74 Å². The zero-order valence-corrected chi connectivity index (χ0v) is 23.3. The van der Waals surface area contributed by atoms with E-state index in [1.807, 2.05) is 48.5 Å². The zero-order valence-electron chi connectivity index (χ0n) is 23.3. The average molecular weight is 570 g/mol. The van der Waals surface area contributed by atoms with Crippen LogP contribution in [0, 0.1) is 5.92 Å². The van der Waals surface area contributed by atoms with Gasteiger partial charge in [0.25, 0.3) is 0 Å². The topological polar surface area (TPSA) is 71.6 Å². The molecule has 1 aromatic heterocycles. The predicted octanol–water partition coefficient (Wildman–Crippen LogP) is 6.20. The van der Waals surface area contributed by atoms with Gasteiger partial charge in [-0.3, -0.25) is 0 Å². The highest BCUT2D eigenvalue weighted by atomic mass is 19.4. The molecule has 9 heteroatoms. The Morgan fingerprint density at radius 3 is 2.63 bits per heavy atom. The summed E-state index contributed by atoms with van der Waals surface area (Å²) in [7, 11) is 0. The number of aryl methyl sites for hydroxylation is 1. The number of rotatable bonds is 8. The molecular weight excluding hydrogens is 531 g/mol. The van der Waals surface area contributed by atoms with E-state index in [9.17, 15) is 18.3 Å². The van der Waals surface area contributed by atoms with Gasteiger partial charge in [-0.15, -0.1) is 0 Å².